The summed E-state index contributed by atoms with van der Waals surface area (Å²) in [5.74, 6) is 1.12. The molecule has 0 fully saturated rings. The number of hydrogen-bond donors (Lipinski definition) is 1. The lowest BCUT2D eigenvalue weighted by Crippen LogP contribution is -2.15. The van der Waals surface area contributed by atoms with Crippen molar-refractivity contribution in [2.24, 2.45) is 0 Å². The number of hydrogen-bond acceptors (Lipinski definition) is 2. The van der Waals surface area contributed by atoms with Gasteiger partial charge in [-0.2, -0.15) is 0 Å². The Morgan fingerprint density at radius 2 is 2.24 bits per heavy atom. The highest BCUT2D eigenvalue weighted by Gasteiger charge is 2.22. The molecular formula is C14H14ClNO. The number of furan rings is 1. The summed E-state index contributed by atoms with van der Waals surface area (Å²) in [6.07, 6.45) is 5.14. The molecule has 0 saturated heterocycles. The Labute approximate surface area is 106 Å². The van der Waals surface area contributed by atoms with Gasteiger partial charge in [0.1, 0.15) is 5.76 Å². The van der Waals surface area contributed by atoms with E-state index in [1.165, 1.54) is 12.0 Å². The van der Waals surface area contributed by atoms with Crippen LogP contribution in [0.15, 0.2) is 41.0 Å². The van der Waals surface area contributed by atoms with Crippen LogP contribution in [-0.2, 0) is 6.42 Å². The molecule has 0 saturated carbocycles. The molecular weight excluding hydrogens is 234 g/mol. The average molecular weight is 248 g/mol. The quantitative estimate of drug-likeness (QED) is 0.850. The van der Waals surface area contributed by atoms with Gasteiger partial charge in [-0.1, -0.05) is 17.7 Å². The first kappa shape index (κ1) is 10.7. The molecule has 1 unspecified atom stereocenters. The van der Waals surface area contributed by atoms with Crippen molar-refractivity contribution in [1.29, 1.82) is 0 Å². The lowest BCUT2D eigenvalue weighted by molar-refractivity contribution is 0.461. The van der Waals surface area contributed by atoms with Gasteiger partial charge >= 0.3 is 0 Å². The summed E-state index contributed by atoms with van der Waals surface area (Å²) in [5.41, 5.74) is 2.35. The second kappa shape index (κ2) is 4.46. The molecule has 0 aliphatic heterocycles. The number of benzene rings is 1. The zero-order valence-electron chi connectivity index (χ0n) is 9.45. The van der Waals surface area contributed by atoms with Gasteiger partial charge in [-0.05, 0) is 37.1 Å². The topological polar surface area (TPSA) is 25.2 Å². The molecule has 1 N–H and O–H groups in total. The van der Waals surface area contributed by atoms with E-state index in [2.05, 4.69) is 11.4 Å². The first-order valence-corrected chi connectivity index (χ1v) is 6.29. The van der Waals surface area contributed by atoms with Gasteiger partial charge in [0.25, 0.3) is 0 Å². The Bertz CT molecular complexity index is 520. The van der Waals surface area contributed by atoms with Crippen molar-refractivity contribution in [2.75, 3.05) is 5.32 Å². The molecule has 0 amide bonds. The van der Waals surface area contributed by atoms with E-state index in [0.717, 1.165) is 29.3 Å². The highest BCUT2D eigenvalue weighted by molar-refractivity contribution is 6.30. The van der Waals surface area contributed by atoms with Gasteiger partial charge in [-0.25, -0.2) is 0 Å². The fraction of sp³-hybridized carbons (Fsp3) is 0.286. The van der Waals surface area contributed by atoms with Gasteiger partial charge in [0.2, 0.25) is 0 Å². The van der Waals surface area contributed by atoms with E-state index in [-0.39, 0.29) is 0 Å². The second-order valence-electron chi connectivity index (χ2n) is 4.40. The van der Waals surface area contributed by atoms with Crippen LogP contribution in [0.3, 0.4) is 0 Å². The maximum absolute atomic E-state index is 5.98. The summed E-state index contributed by atoms with van der Waals surface area (Å²) in [6, 6.07) is 10.3. The third kappa shape index (κ3) is 2.18. The Kier molecular flexibility index (Phi) is 2.81. The van der Waals surface area contributed by atoms with E-state index in [9.17, 15) is 0 Å². The number of aryl methyl sites for hydroxylation is 1. The summed E-state index contributed by atoms with van der Waals surface area (Å²) < 4.78 is 5.48. The molecule has 2 nitrogen and oxygen atoms in total. The van der Waals surface area contributed by atoms with Crippen LogP contribution in [0.4, 0.5) is 5.69 Å². The van der Waals surface area contributed by atoms with Crippen LogP contribution in [0.1, 0.15) is 30.2 Å². The molecule has 3 rings (SSSR count). The smallest absolute Gasteiger partial charge is 0.109 e. The minimum atomic E-state index is 0.343. The van der Waals surface area contributed by atoms with Crippen molar-refractivity contribution < 1.29 is 4.42 Å². The highest BCUT2D eigenvalue weighted by Crippen LogP contribution is 2.33. The molecule has 17 heavy (non-hydrogen) atoms. The van der Waals surface area contributed by atoms with Crippen molar-refractivity contribution in [2.45, 2.75) is 25.3 Å². The summed E-state index contributed by atoms with van der Waals surface area (Å²) in [4.78, 5) is 0. The predicted molar refractivity (Wildman–Crippen MR) is 69.5 cm³/mol. The van der Waals surface area contributed by atoms with Gasteiger partial charge in [0, 0.05) is 22.7 Å². The minimum Gasteiger partial charge on any atom is -0.469 e. The molecule has 0 radical (unpaired) electrons. The van der Waals surface area contributed by atoms with Crippen LogP contribution in [0.5, 0.6) is 0 Å². The number of anilines is 1. The molecule has 1 aromatic carbocycles. The Balaban J connectivity index is 1.84. The predicted octanol–water partition coefficient (Wildman–Crippen LogP) is 4.42. The van der Waals surface area contributed by atoms with Gasteiger partial charge in [-0.3, -0.25) is 0 Å². The summed E-state index contributed by atoms with van der Waals surface area (Å²) in [5, 5.41) is 4.28. The summed E-state index contributed by atoms with van der Waals surface area (Å²) >= 11 is 5.98. The zero-order chi connectivity index (χ0) is 11.7. The summed E-state index contributed by atoms with van der Waals surface area (Å²) in [6.45, 7) is 0. The Hall–Kier alpha value is -1.41. The number of fused-ring (bicyclic) bond motifs is 1. The van der Waals surface area contributed by atoms with E-state index >= 15 is 0 Å². The molecule has 1 aromatic heterocycles. The first-order chi connectivity index (χ1) is 8.33. The molecule has 1 heterocycles. The van der Waals surface area contributed by atoms with E-state index in [1.54, 1.807) is 6.26 Å². The molecule has 1 aliphatic rings. The second-order valence-corrected chi connectivity index (χ2v) is 4.84. The number of nitrogens with one attached hydrogen (secondary N) is 1. The standard InChI is InChI=1S/C14H14ClNO/c15-10-3-1-4-11(9-10)16-13-5-2-6-14-12(13)7-8-17-14/h1,3-4,7-9,13,16H,2,5-6H2. The Morgan fingerprint density at radius 3 is 3.12 bits per heavy atom. The van der Waals surface area contributed by atoms with Crippen LogP contribution in [0, 0.1) is 0 Å². The zero-order valence-corrected chi connectivity index (χ0v) is 10.2. The molecule has 1 atom stereocenters. The monoisotopic (exact) mass is 247 g/mol. The molecule has 1 aliphatic carbocycles. The summed E-state index contributed by atoms with van der Waals surface area (Å²) in [7, 11) is 0. The van der Waals surface area contributed by atoms with Gasteiger partial charge in [-0.15, -0.1) is 0 Å². The number of rotatable bonds is 2. The van der Waals surface area contributed by atoms with Crippen molar-refractivity contribution in [3.63, 3.8) is 0 Å². The van der Waals surface area contributed by atoms with Crippen molar-refractivity contribution in [1.82, 2.24) is 0 Å². The highest BCUT2D eigenvalue weighted by atomic mass is 35.5. The van der Waals surface area contributed by atoms with Crippen molar-refractivity contribution >= 4 is 17.3 Å². The maximum Gasteiger partial charge on any atom is 0.109 e. The lowest BCUT2D eigenvalue weighted by Gasteiger charge is -2.23. The van der Waals surface area contributed by atoms with Crippen LogP contribution in [0.2, 0.25) is 5.02 Å². The van der Waals surface area contributed by atoms with Crippen LogP contribution in [-0.4, -0.2) is 0 Å². The molecule has 3 heteroatoms. The van der Waals surface area contributed by atoms with Gasteiger partial charge in [0.05, 0.1) is 12.3 Å². The van der Waals surface area contributed by atoms with Crippen LogP contribution >= 0.6 is 11.6 Å². The van der Waals surface area contributed by atoms with E-state index < -0.39 is 0 Å². The van der Waals surface area contributed by atoms with E-state index in [1.807, 2.05) is 24.3 Å². The van der Waals surface area contributed by atoms with Gasteiger partial charge < -0.3 is 9.73 Å². The average Bonchev–Trinajstić information content (AvgIpc) is 2.78. The van der Waals surface area contributed by atoms with Crippen molar-refractivity contribution in [3.05, 3.63) is 52.9 Å². The van der Waals surface area contributed by atoms with Crippen LogP contribution < -0.4 is 5.32 Å². The molecule has 2 aromatic rings. The molecule has 0 spiro atoms. The fourth-order valence-electron chi connectivity index (χ4n) is 2.42. The number of halogens is 1. The first-order valence-electron chi connectivity index (χ1n) is 5.91. The van der Waals surface area contributed by atoms with Gasteiger partial charge in [0.15, 0.2) is 0 Å². The van der Waals surface area contributed by atoms with E-state index in [4.69, 9.17) is 16.0 Å². The van der Waals surface area contributed by atoms with Crippen molar-refractivity contribution in [3.8, 4) is 0 Å². The Morgan fingerprint density at radius 1 is 1.29 bits per heavy atom. The third-order valence-corrected chi connectivity index (χ3v) is 3.45. The lowest BCUT2D eigenvalue weighted by atomic mass is 9.93. The largest absolute Gasteiger partial charge is 0.469 e. The minimum absolute atomic E-state index is 0.343. The maximum atomic E-state index is 5.98. The van der Waals surface area contributed by atoms with E-state index in [0.29, 0.717) is 6.04 Å². The third-order valence-electron chi connectivity index (χ3n) is 3.22. The fourth-order valence-corrected chi connectivity index (χ4v) is 2.61. The van der Waals surface area contributed by atoms with Crippen LogP contribution in [0.25, 0.3) is 0 Å². The molecule has 0 bridgehead atoms. The SMILES string of the molecule is Clc1cccc(NC2CCCc3occc32)c1. The molecule has 88 valence electrons. The normalized spacial score (nSPS) is 18.8.